The first kappa shape index (κ1) is 9.45. The third-order valence-corrected chi connectivity index (χ3v) is 3.07. The lowest BCUT2D eigenvalue weighted by Gasteiger charge is -2.30. The molecule has 0 aliphatic carbocycles. The summed E-state index contributed by atoms with van der Waals surface area (Å²) in [7, 11) is 0. The first-order valence-electron chi connectivity index (χ1n) is 5.69. The monoisotopic (exact) mass is 217 g/mol. The molecule has 2 aromatic rings. The van der Waals surface area contributed by atoms with Gasteiger partial charge in [0.05, 0.1) is 11.7 Å². The van der Waals surface area contributed by atoms with Crippen LogP contribution in [0.25, 0.3) is 11.0 Å². The molecule has 84 valence electrons. The molecule has 3 heterocycles. The van der Waals surface area contributed by atoms with E-state index in [1.807, 2.05) is 10.7 Å². The quantitative estimate of drug-likeness (QED) is 0.778. The van der Waals surface area contributed by atoms with E-state index in [9.17, 15) is 0 Å². The summed E-state index contributed by atoms with van der Waals surface area (Å²) >= 11 is 0. The highest BCUT2D eigenvalue weighted by Crippen LogP contribution is 2.19. The summed E-state index contributed by atoms with van der Waals surface area (Å²) in [5, 5.41) is 2.27. The first-order chi connectivity index (χ1) is 7.86. The summed E-state index contributed by atoms with van der Waals surface area (Å²) in [6.45, 7) is 2.11. The molecule has 0 radical (unpaired) electrons. The highest BCUT2D eigenvalue weighted by atomic mass is 15.6. The Hall–Kier alpha value is -1.78. The Morgan fingerprint density at radius 2 is 2.00 bits per heavy atom. The van der Waals surface area contributed by atoms with E-state index in [2.05, 4.69) is 15.0 Å². The normalized spacial score (nSPS) is 16.9. The number of nitrogens with zero attached hydrogens (tertiary/aromatic N) is 4. The zero-order valence-electron chi connectivity index (χ0n) is 9.13. The molecule has 5 heteroatoms. The number of pyridine rings is 1. The fourth-order valence-corrected chi connectivity index (χ4v) is 2.31. The number of anilines is 1. The Labute approximate surface area is 93.9 Å². The van der Waals surface area contributed by atoms with Gasteiger partial charge < -0.3 is 10.7 Å². The number of fused-ring (bicyclic) bond motifs is 1. The van der Waals surface area contributed by atoms with Crippen LogP contribution in [0.2, 0.25) is 0 Å². The number of rotatable bonds is 1. The minimum absolute atomic E-state index is 0.560. The van der Waals surface area contributed by atoms with Gasteiger partial charge >= 0.3 is 0 Å². The van der Waals surface area contributed by atoms with Crippen molar-refractivity contribution < 1.29 is 0 Å². The van der Waals surface area contributed by atoms with Crippen LogP contribution in [-0.4, -0.2) is 27.7 Å². The van der Waals surface area contributed by atoms with Gasteiger partial charge in [-0.1, -0.05) is 0 Å². The van der Waals surface area contributed by atoms with Crippen LogP contribution in [0.1, 0.15) is 19.3 Å². The molecule has 0 aromatic carbocycles. The van der Waals surface area contributed by atoms with Crippen LogP contribution in [0, 0.1) is 0 Å². The first-order valence-corrected chi connectivity index (χ1v) is 5.69. The maximum Gasteiger partial charge on any atom is 0.220 e. The Morgan fingerprint density at radius 1 is 1.19 bits per heavy atom. The smallest absolute Gasteiger partial charge is 0.220 e. The summed E-state index contributed by atoms with van der Waals surface area (Å²) in [4.78, 5) is 8.39. The van der Waals surface area contributed by atoms with Gasteiger partial charge in [-0.15, -0.1) is 0 Å². The molecule has 3 rings (SSSR count). The van der Waals surface area contributed by atoms with E-state index in [1.54, 1.807) is 12.4 Å². The van der Waals surface area contributed by atoms with E-state index in [0.717, 1.165) is 24.1 Å². The van der Waals surface area contributed by atoms with E-state index in [4.69, 9.17) is 5.73 Å². The largest absolute Gasteiger partial charge is 0.368 e. The number of imidazole rings is 1. The van der Waals surface area contributed by atoms with Crippen molar-refractivity contribution in [2.75, 3.05) is 23.8 Å². The van der Waals surface area contributed by atoms with Crippen molar-refractivity contribution >= 4 is 17.0 Å². The van der Waals surface area contributed by atoms with Crippen molar-refractivity contribution in [1.29, 1.82) is 0 Å². The van der Waals surface area contributed by atoms with E-state index < -0.39 is 0 Å². The fraction of sp³-hybridized carbons (Fsp3) is 0.455. The summed E-state index contributed by atoms with van der Waals surface area (Å²) in [5.41, 5.74) is 7.88. The second kappa shape index (κ2) is 3.66. The molecule has 5 nitrogen and oxygen atoms in total. The van der Waals surface area contributed by atoms with Crippen LogP contribution in [0.3, 0.4) is 0 Å². The van der Waals surface area contributed by atoms with Crippen LogP contribution in [-0.2, 0) is 0 Å². The highest BCUT2D eigenvalue weighted by Gasteiger charge is 2.16. The second-order valence-corrected chi connectivity index (χ2v) is 4.16. The maximum atomic E-state index is 5.97. The van der Waals surface area contributed by atoms with Crippen LogP contribution >= 0.6 is 0 Å². The number of aromatic nitrogens is 3. The molecule has 0 bridgehead atoms. The summed E-state index contributed by atoms with van der Waals surface area (Å²) in [5.74, 6) is 0.560. The van der Waals surface area contributed by atoms with Gasteiger partial charge in [0.25, 0.3) is 0 Å². The Bertz CT molecular complexity index is 498. The topological polar surface area (TPSA) is 60.0 Å². The number of nitrogen functional groups attached to an aromatic ring is 1. The molecular weight excluding hydrogens is 202 g/mol. The van der Waals surface area contributed by atoms with E-state index in [-0.39, 0.29) is 0 Å². The lowest BCUT2D eigenvalue weighted by atomic mass is 10.2. The predicted octanol–water partition coefficient (Wildman–Crippen LogP) is 1.14. The molecule has 0 unspecified atom stereocenters. The van der Waals surface area contributed by atoms with Crippen LogP contribution in [0.15, 0.2) is 18.5 Å². The van der Waals surface area contributed by atoms with E-state index in [1.165, 1.54) is 19.3 Å². The third kappa shape index (κ3) is 1.39. The molecule has 2 aromatic heterocycles. The summed E-state index contributed by atoms with van der Waals surface area (Å²) in [6.07, 6.45) is 7.30. The van der Waals surface area contributed by atoms with E-state index >= 15 is 0 Å². The van der Waals surface area contributed by atoms with Gasteiger partial charge in [-0.3, -0.25) is 4.98 Å². The van der Waals surface area contributed by atoms with Gasteiger partial charge in [-0.25, -0.2) is 9.66 Å². The van der Waals surface area contributed by atoms with Gasteiger partial charge in [-0.05, 0) is 25.3 Å². The van der Waals surface area contributed by atoms with Crippen molar-refractivity contribution in [2.24, 2.45) is 0 Å². The van der Waals surface area contributed by atoms with Crippen molar-refractivity contribution in [3.05, 3.63) is 18.5 Å². The maximum absolute atomic E-state index is 5.97. The van der Waals surface area contributed by atoms with Crippen molar-refractivity contribution in [3.8, 4) is 0 Å². The van der Waals surface area contributed by atoms with Crippen LogP contribution < -0.4 is 10.7 Å². The number of nitrogens with two attached hydrogens (primary N) is 1. The van der Waals surface area contributed by atoms with Crippen LogP contribution in [0.4, 0.5) is 5.95 Å². The Morgan fingerprint density at radius 3 is 2.81 bits per heavy atom. The van der Waals surface area contributed by atoms with Crippen molar-refractivity contribution in [3.63, 3.8) is 0 Å². The average Bonchev–Trinajstić information content (AvgIpc) is 2.66. The van der Waals surface area contributed by atoms with Crippen molar-refractivity contribution in [1.82, 2.24) is 14.6 Å². The Kier molecular flexibility index (Phi) is 2.16. The van der Waals surface area contributed by atoms with E-state index in [0.29, 0.717) is 5.95 Å². The molecule has 0 saturated carbocycles. The zero-order valence-corrected chi connectivity index (χ0v) is 9.13. The minimum Gasteiger partial charge on any atom is -0.368 e. The summed E-state index contributed by atoms with van der Waals surface area (Å²) in [6, 6.07) is 1.97. The SMILES string of the molecule is Nc1nc2cnccc2n1N1CCCCC1. The average molecular weight is 217 g/mol. The molecular formula is C11H15N5. The summed E-state index contributed by atoms with van der Waals surface area (Å²) < 4.78 is 2.02. The Balaban J connectivity index is 2.10. The lowest BCUT2D eigenvalue weighted by Crippen LogP contribution is -2.39. The number of hydrogen-bond acceptors (Lipinski definition) is 4. The molecule has 1 saturated heterocycles. The van der Waals surface area contributed by atoms with Gasteiger partial charge in [0.15, 0.2) is 0 Å². The lowest BCUT2D eigenvalue weighted by molar-refractivity contribution is 0.489. The molecule has 1 fully saturated rings. The van der Waals surface area contributed by atoms with Gasteiger partial charge in [0.1, 0.15) is 5.52 Å². The van der Waals surface area contributed by atoms with Gasteiger partial charge in [0, 0.05) is 19.3 Å². The molecule has 16 heavy (non-hydrogen) atoms. The molecule has 1 aliphatic rings. The molecule has 0 spiro atoms. The molecule has 1 aliphatic heterocycles. The highest BCUT2D eigenvalue weighted by molar-refractivity contribution is 5.77. The van der Waals surface area contributed by atoms with Gasteiger partial charge in [-0.2, -0.15) is 0 Å². The molecule has 0 amide bonds. The minimum atomic E-state index is 0.560. The molecule has 0 atom stereocenters. The van der Waals surface area contributed by atoms with Gasteiger partial charge in [0.2, 0.25) is 5.95 Å². The number of piperidine rings is 1. The molecule has 2 N–H and O–H groups in total. The zero-order chi connectivity index (χ0) is 11.0. The fourth-order valence-electron chi connectivity index (χ4n) is 2.31. The number of hydrogen-bond donors (Lipinski definition) is 1. The second-order valence-electron chi connectivity index (χ2n) is 4.16. The third-order valence-electron chi connectivity index (χ3n) is 3.07. The van der Waals surface area contributed by atoms with Crippen molar-refractivity contribution in [2.45, 2.75) is 19.3 Å². The predicted molar refractivity (Wildman–Crippen MR) is 63.7 cm³/mol. The van der Waals surface area contributed by atoms with Crippen LogP contribution in [0.5, 0.6) is 0 Å². The standard InChI is InChI=1S/C11H15N5/c12-11-14-9-8-13-5-4-10(9)16(11)15-6-2-1-3-7-15/h4-5,8H,1-3,6-7H2,(H2,12,14).